The Kier molecular flexibility index (Phi) is 6.06. The topological polar surface area (TPSA) is 82.5 Å². The van der Waals surface area contributed by atoms with Crippen molar-refractivity contribution >= 4 is 17.1 Å². The number of benzene rings is 1. The van der Waals surface area contributed by atoms with E-state index >= 15 is 0 Å². The molecule has 0 saturated carbocycles. The number of carbonyl (C=O) groups is 1. The number of hydrogen-bond acceptors (Lipinski definition) is 5. The van der Waals surface area contributed by atoms with Crippen LogP contribution < -0.4 is 4.90 Å². The van der Waals surface area contributed by atoms with Gasteiger partial charge < -0.3 is 9.80 Å². The fraction of sp³-hybridized carbons (Fsp3) is 0.259. The largest absolute Gasteiger partial charge is 0.368 e. The summed E-state index contributed by atoms with van der Waals surface area (Å²) in [7, 11) is 0. The lowest BCUT2D eigenvalue weighted by Gasteiger charge is -2.35. The summed E-state index contributed by atoms with van der Waals surface area (Å²) in [6.45, 7) is 9.50. The molecule has 0 radical (unpaired) electrons. The van der Waals surface area contributed by atoms with Gasteiger partial charge in [-0.2, -0.15) is 15.5 Å². The van der Waals surface area contributed by atoms with Crippen LogP contribution in [0.1, 0.15) is 18.9 Å². The summed E-state index contributed by atoms with van der Waals surface area (Å²) in [5, 5.41) is 18.6. The minimum absolute atomic E-state index is 0.0155. The lowest BCUT2D eigenvalue weighted by atomic mass is 9.99. The number of nitrogens with zero attached hydrogens (tertiary/aromatic N) is 7. The van der Waals surface area contributed by atoms with Gasteiger partial charge in [0, 0.05) is 67.5 Å². The highest BCUT2D eigenvalue weighted by atomic mass is 16.2. The number of pyridine rings is 1. The molecule has 5 rings (SSSR count). The number of rotatable bonds is 6. The second-order valence-electron chi connectivity index (χ2n) is 8.66. The number of aryl methyl sites for hydroxylation is 1. The number of nitriles is 1. The Morgan fingerprint density at radius 2 is 1.83 bits per heavy atom. The molecule has 8 nitrogen and oxygen atoms in total. The van der Waals surface area contributed by atoms with Crippen LogP contribution in [-0.2, 0) is 11.3 Å². The average molecular weight is 466 g/mol. The van der Waals surface area contributed by atoms with E-state index in [2.05, 4.69) is 65.0 Å². The van der Waals surface area contributed by atoms with E-state index in [0.29, 0.717) is 18.7 Å². The van der Waals surface area contributed by atoms with E-state index in [4.69, 9.17) is 0 Å². The number of carbonyl (C=O) groups excluding carboxylic acids is 1. The number of anilines is 1. The molecular weight excluding hydrogens is 438 g/mol. The minimum Gasteiger partial charge on any atom is -0.368 e. The molecule has 8 heteroatoms. The quantitative estimate of drug-likeness (QED) is 0.402. The van der Waals surface area contributed by atoms with Gasteiger partial charge in [0.25, 0.3) is 0 Å². The van der Waals surface area contributed by atoms with Crippen LogP contribution in [0.25, 0.3) is 27.8 Å². The van der Waals surface area contributed by atoms with Crippen LogP contribution in [0.2, 0.25) is 0 Å². The molecule has 1 aliphatic rings. The van der Waals surface area contributed by atoms with Crippen LogP contribution in [0.5, 0.6) is 0 Å². The molecule has 176 valence electrons. The first-order chi connectivity index (χ1) is 17.1. The lowest BCUT2D eigenvalue weighted by Crippen LogP contribution is -2.48. The predicted molar refractivity (Wildman–Crippen MR) is 136 cm³/mol. The Hall–Kier alpha value is -4.38. The third kappa shape index (κ3) is 4.28. The zero-order chi connectivity index (χ0) is 24.4. The molecule has 35 heavy (non-hydrogen) atoms. The molecule has 3 aromatic heterocycles. The highest BCUT2D eigenvalue weighted by molar-refractivity contribution is 5.88. The third-order valence-electron chi connectivity index (χ3n) is 6.46. The van der Waals surface area contributed by atoms with Gasteiger partial charge in [-0.05, 0) is 36.3 Å². The molecule has 1 saturated heterocycles. The van der Waals surface area contributed by atoms with Crippen molar-refractivity contribution in [3.8, 4) is 28.3 Å². The first-order valence-corrected chi connectivity index (χ1v) is 11.8. The zero-order valence-electron chi connectivity index (χ0n) is 19.8. The van der Waals surface area contributed by atoms with Crippen molar-refractivity contribution in [2.75, 3.05) is 31.1 Å². The number of fused-ring (bicyclic) bond motifs is 1. The zero-order valence-corrected chi connectivity index (χ0v) is 19.8. The molecule has 0 atom stereocenters. The Morgan fingerprint density at radius 3 is 2.51 bits per heavy atom. The van der Waals surface area contributed by atoms with Crippen molar-refractivity contribution in [2.24, 2.45) is 0 Å². The minimum atomic E-state index is -0.0155. The summed E-state index contributed by atoms with van der Waals surface area (Å²) in [6.07, 6.45) is 9.87. The Labute approximate surface area is 204 Å². The van der Waals surface area contributed by atoms with Crippen molar-refractivity contribution in [3.63, 3.8) is 0 Å². The first kappa shape index (κ1) is 22.4. The first-order valence-electron chi connectivity index (χ1n) is 11.8. The molecule has 0 spiro atoms. The van der Waals surface area contributed by atoms with Crippen molar-refractivity contribution in [2.45, 2.75) is 19.9 Å². The van der Waals surface area contributed by atoms with Crippen LogP contribution >= 0.6 is 0 Å². The van der Waals surface area contributed by atoms with Gasteiger partial charge in [-0.15, -0.1) is 0 Å². The maximum atomic E-state index is 11.9. The summed E-state index contributed by atoms with van der Waals surface area (Å²) in [5.41, 5.74) is 6.42. The predicted octanol–water partition coefficient (Wildman–Crippen LogP) is 3.98. The lowest BCUT2D eigenvalue weighted by molar-refractivity contribution is -0.126. The van der Waals surface area contributed by atoms with Crippen LogP contribution in [-0.4, -0.2) is 56.4 Å². The molecule has 1 fully saturated rings. The molecule has 1 aromatic carbocycles. The highest BCUT2D eigenvalue weighted by Gasteiger charge is 2.20. The second-order valence-corrected chi connectivity index (χ2v) is 8.66. The normalized spacial score (nSPS) is 13.7. The number of amides is 1. The van der Waals surface area contributed by atoms with Crippen molar-refractivity contribution in [1.82, 2.24) is 24.3 Å². The van der Waals surface area contributed by atoms with E-state index in [-0.39, 0.29) is 5.91 Å². The monoisotopic (exact) mass is 465 g/mol. The maximum Gasteiger partial charge on any atom is 0.246 e. The van der Waals surface area contributed by atoms with Gasteiger partial charge in [0.2, 0.25) is 5.91 Å². The van der Waals surface area contributed by atoms with Gasteiger partial charge in [-0.1, -0.05) is 25.6 Å². The number of aromatic nitrogens is 4. The van der Waals surface area contributed by atoms with Crippen molar-refractivity contribution in [1.29, 1.82) is 5.26 Å². The smallest absolute Gasteiger partial charge is 0.246 e. The van der Waals surface area contributed by atoms with Gasteiger partial charge in [0.05, 0.1) is 23.5 Å². The molecule has 1 aliphatic heterocycles. The standard InChI is InChI=1S/C27H27N7O/c1-3-9-33-18-23(17-29-33)21-14-25(27-22(15-28)16-30-34(27)19-21)20-5-7-24(8-6-20)31-10-12-32(13-11-31)26(35)4-2/h4-8,14,16-19H,2-3,9-13H2,1H3. The third-order valence-corrected chi connectivity index (χ3v) is 6.46. The van der Waals surface area contributed by atoms with Crippen molar-refractivity contribution < 1.29 is 4.79 Å². The van der Waals surface area contributed by atoms with Crippen LogP contribution in [0.15, 0.2) is 67.8 Å². The van der Waals surface area contributed by atoms with Crippen molar-refractivity contribution in [3.05, 3.63) is 73.3 Å². The van der Waals surface area contributed by atoms with Gasteiger partial charge in [-0.25, -0.2) is 4.52 Å². The summed E-state index contributed by atoms with van der Waals surface area (Å²) >= 11 is 0. The van der Waals surface area contributed by atoms with E-state index < -0.39 is 0 Å². The average Bonchev–Trinajstić information content (AvgIpc) is 3.55. The maximum absolute atomic E-state index is 11.9. The molecular formula is C27H27N7O. The fourth-order valence-corrected chi connectivity index (χ4v) is 4.61. The summed E-state index contributed by atoms with van der Waals surface area (Å²) in [6, 6.07) is 12.8. The van der Waals surface area contributed by atoms with E-state index in [1.807, 2.05) is 28.2 Å². The van der Waals surface area contributed by atoms with E-state index in [9.17, 15) is 10.1 Å². The second kappa shape index (κ2) is 9.47. The molecule has 4 heterocycles. The van der Waals surface area contributed by atoms with Crippen LogP contribution in [0.3, 0.4) is 0 Å². The number of hydrogen-bond donors (Lipinski definition) is 0. The highest BCUT2D eigenvalue weighted by Crippen LogP contribution is 2.33. The molecule has 0 unspecified atom stereocenters. The van der Waals surface area contributed by atoms with Gasteiger partial charge in [0.15, 0.2) is 0 Å². The number of piperazine rings is 1. The summed E-state index contributed by atoms with van der Waals surface area (Å²) < 4.78 is 3.73. The van der Waals surface area contributed by atoms with E-state index in [0.717, 1.165) is 59.5 Å². The summed E-state index contributed by atoms with van der Waals surface area (Å²) in [4.78, 5) is 16.0. The molecule has 4 aromatic rings. The Morgan fingerprint density at radius 1 is 1.06 bits per heavy atom. The molecule has 0 N–H and O–H groups in total. The molecule has 1 amide bonds. The van der Waals surface area contributed by atoms with Gasteiger partial charge >= 0.3 is 0 Å². The SMILES string of the molecule is C=CC(=O)N1CCN(c2ccc(-c3cc(-c4cnn(CCC)c4)cn4ncc(C#N)c34)cc2)CC1. The van der Waals surface area contributed by atoms with Gasteiger partial charge in [0.1, 0.15) is 6.07 Å². The molecule has 0 aliphatic carbocycles. The van der Waals surface area contributed by atoms with E-state index in [1.54, 1.807) is 10.7 Å². The van der Waals surface area contributed by atoms with Gasteiger partial charge in [-0.3, -0.25) is 9.48 Å². The van der Waals surface area contributed by atoms with Crippen LogP contribution in [0.4, 0.5) is 5.69 Å². The Balaban J connectivity index is 1.48. The van der Waals surface area contributed by atoms with E-state index in [1.165, 1.54) is 6.08 Å². The Bertz CT molecular complexity index is 1420. The summed E-state index contributed by atoms with van der Waals surface area (Å²) in [5.74, 6) is -0.0155. The van der Waals surface area contributed by atoms with Crippen LogP contribution in [0, 0.1) is 11.3 Å². The fourth-order valence-electron chi connectivity index (χ4n) is 4.61. The molecule has 0 bridgehead atoms.